The van der Waals surface area contributed by atoms with Crippen molar-refractivity contribution in [1.29, 1.82) is 0 Å². The predicted molar refractivity (Wildman–Crippen MR) is 90.4 cm³/mol. The molecule has 1 aromatic carbocycles. The molecule has 1 aromatic heterocycles. The molecule has 25 heavy (non-hydrogen) atoms. The zero-order valence-electron chi connectivity index (χ0n) is 14.3. The lowest BCUT2D eigenvalue weighted by molar-refractivity contribution is -0.122. The van der Waals surface area contributed by atoms with Gasteiger partial charge >= 0.3 is 0 Å². The van der Waals surface area contributed by atoms with Crippen LogP contribution in [0.25, 0.3) is 0 Å². The smallest absolute Gasteiger partial charge is 0.220 e. The number of amides is 1. The van der Waals surface area contributed by atoms with Crippen LogP contribution in [-0.2, 0) is 17.4 Å². The summed E-state index contributed by atoms with van der Waals surface area (Å²) in [6.45, 7) is 1.66. The number of carbonyl (C=O) groups excluding carboxylic acids is 2. The molecule has 1 unspecified atom stereocenters. The average Bonchev–Trinajstić information content (AvgIpc) is 3.01. The van der Waals surface area contributed by atoms with Crippen LogP contribution in [0.15, 0.2) is 36.7 Å². The Morgan fingerprint density at radius 1 is 1.28 bits per heavy atom. The Balaban J connectivity index is 1.73. The summed E-state index contributed by atoms with van der Waals surface area (Å²) < 4.78 is 14.4. The monoisotopic (exact) mass is 347 g/mol. The van der Waals surface area contributed by atoms with Gasteiger partial charge in [0.05, 0.1) is 12.7 Å². The minimum Gasteiger partial charge on any atom is -0.383 e. The fourth-order valence-electron chi connectivity index (χ4n) is 2.35. The topological polar surface area (TPSA) is 84.2 Å². The Kier molecular flexibility index (Phi) is 6.03. The van der Waals surface area contributed by atoms with Crippen molar-refractivity contribution >= 4 is 11.7 Å². The minimum absolute atomic E-state index is 0.0590. The second kappa shape index (κ2) is 8.02. The van der Waals surface area contributed by atoms with Gasteiger partial charge in [0, 0.05) is 37.2 Å². The standard InChI is InChI=1S/C18H22FN3O3/c1-18(25,14-10-21-22(2)11-14)12-20-17(24)5-3-4-16(23)13-6-8-15(19)9-7-13/h6-11,25H,3-5,12H2,1-2H3,(H,20,24). The summed E-state index contributed by atoms with van der Waals surface area (Å²) in [5.41, 5.74) is -0.170. The largest absolute Gasteiger partial charge is 0.383 e. The Bertz CT molecular complexity index is 738. The van der Waals surface area contributed by atoms with Crippen molar-refractivity contribution in [3.63, 3.8) is 0 Å². The second-order valence-electron chi connectivity index (χ2n) is 6.24. The highest BCUT2D eigenvalue weighted by Crippen LogP contribution is 2.18. The number of nitrogens with one attached hydrogen (secondary N) is 1. The molecule has 2 rings (SSSR count). The van der Waals surface area contributed by atoms with E-state index in [1.165, 1.54) is 24.3 Å². The molecule has 0 saturated carbocycles. The number of halogens is 1. The zero-order valence-corrected chi connectivity index (χ0v) is 14.3. The molecule has 0 bridgehead atoms. The lowest BCUT2D eigenvalue weighted by atomic mass is 9.99. The van der Waals surface area contributed by atoms with E-state index in [4.69, 9.17) is 0 Å². The molecular weight excluding hydrogens is 325 g/mol. The highest BCUT2D eigenvalue weighted by atomic mass is 19.1. The summed E-state index contributed by atoms with van der Waals surface area (Å²) in [6.07, 6.45) is 4.01. The minimum atomic E-state index is -1.21. The first-order valence-electron chi connectivity index (χ1n) is 8.05. The Morgan fingerprint density at radius 3 is 2.56 bits per heavy atom. The maximum absolute atomic E-state index is 12.8. The van der Waals surface area contributed by atoms with E-state index in [2.05, 4.69) is 10.4 Å². The number of hydrogen-bond donors (Lipinski definition) is 2. The highest BCUT2D eigenvalue weighted by molar-refractivity contribution is 5.96. The summed E-state index contributed by atoms with van der Waals surface area (Å²) in [7, 11) is 1.75. The summed E-state index contributed by atoms with van der Waals surface area (Å²) >= 11 is 0. The lowest BCUT2D eigenvalue weighted by Crippen LogP contribution is -2.38. The van der Waals surface area contributed by atoms with Crippen molar-refractivity contribution in [2.45, 2.75) is 31.8 Å². The van der Waals surface area contributed by atoms with Gasteiger partial charge in [0.1, 0.15) is 11.4 Å². The number of rotatable bonds is 8. The first-order chi connectivity index (χ1) is 11.8. The van der Waals surface area contributed by atoms with Crippen LogP contribution in [0.4, 0.5) is 4.39 Å². The fraction of sp³-hybridized carbons (Fsp3) is 0.389. The summed E-state index contributed by atoms with van der Waals surface area (Å²) in [6, 6.07) is 5.34. The number of carbonyl (C=O) groups is 2. The number of aromatic nitrogens is 2. The predicted octanol–water partition coefficient (Wildman–Crippen LogP) is 1.94. The number of nitrogens with zero attached hydrogens (tertiary/aromatic N) is 2. The highest BCUT2D eigenvalue weighted by Gasteiger charge is 2.25. The number of Topliss-reactive ketones (excluding diaryl/α,β-unsaturated/α-hetero) is 1. The molecule has 1 heterocycles. The van der Waals surface area contributed by atoms with Gasteiger partial charge in [0.25, 0.3) is 0 Å². The van der Waals surface area contributed by atoms with E-state index in [1.54, 1.807) is 31.0 Å². The van der Waals surface area contributed by atoms with Gasteiger partial charge in [-0.15, -0.1) is 0 Å². The van der Waals surface area contributed by atoms with E-state index in [0.717, 1.165) is 0 Å². The van der Waals surface area contributed by atoms with Crippen LogP contribution in [0.5, 0.6) is 0 Å². The van der Waals surface area contributed by atoms with E-state index in [1.807, 2.05) is 0 Å². The van der Waals surface area contributed by atoms with Gasteiger partial charge in [0.15, 0.2) is 5.78 Å². The van der Waals surface area contributed by atoms with Crippen molar-refractivity contribution in [2.75, 3.05) is 6.54 Å². The van der Waals surface area contributed by atoms with Crippen molar-refractivity contribution in [3.8, 4) is 0 Å². The molecular formula is C18H22FN3O3. The van der Waals surface area contributed by atoms with Gasteiger partial charge in [-0.25, -0.2) is 4.39 Å². The number of benzene rings is 1. The van der Waals surface area contributed by atoms with E-state index in [0.29, 0.717) is 17.5 Å². The van der Waals surface area contributed by atoms with Crippen molar-refractivity contribution in [3.05, 3.63) is 53.6 Å². The summed E-state index contributed by atoms with van der Waals surface area (Å²) in [5.74, 6) is -0.761. The molecule has 0 radical (unpaired) electrons. The molecule has 0 saturated heterocycles. The van der Waals surface area contributed by atoms with E-state index in [9.17, 15) is 19.1 Å². The van der Waals surface area contributed by atoms with Crippen LogP contribution in [0.2, 0.25) is 0 Å². The summed E-state index contributed by atoms with van der Waals surface area (Å²) in [5, 5.41) is 17.0. The van der Waals surface area contributed by atoms with Crippen LogP contribution in [-0.4, -0.2) is 33.1 Å². The third-order valence-corrected chi connectivity index (χ3v) is 3.93. The summed E-state index contributed by atoms with van der Waals surface area (Å²) in [4.78, 5) is 23.8. The molecule has 0 aliphatic rings. The van der Waals surface area contributed by atoms with Crippen LogP contribution in [0.1, 0.15) is 42.1 Å². The number of ketones is 1. The number of aliphatic hydroxyl groups is 1. The third kappa shape index (κ3) is 5.49. The molecule has 134 valence electrons. The van der Waals surface area contributed by atoms with Crippen LogP contribution in [0, 0.1) is 5.82 Å². The first kappa shape index (κ1) is 18.8. The Hall–Kier alpha value is -2.54. The quantitative estimate of drug-likeness (QED) is 0.715. The average molecular weight is 347 g/mol. The first-order valence-corrected chi connectivity index (χ1v) is 8.05. The van der Waals surface area contributed by atoms with Gasteiger partial charge in [-0.3, -0.25) is 14.3 Å². The van der Waals surface area contributed by atoms with Crippen molar-refractivity contribution < 1.29 is 19.1 Å². The molecule has 0 aliphatic heterocycles. The molecule has 0 fully saturated rings. The maximum Gasteiger partial charge on any atom is 0.220 e. The van der Waals surface area contributed by atoms with Gasteiger partial charge in [0.2, 0.25) is 5.91 Å². The SMILES string of the molecule is Cn1cc(C(C)(O)CNC(=O)CCCC(=O)c2ccc(F)cc2)cn1. The third-order valence-electron chi connectivity index (χ3n) is 3.93. The van der Waals surface area contributed by atoms with Gasteiger partial charge in [-0.1, -0.05) is 0 Å². The molecule has 2 N–H and O–H groups in total. The van der Waals surface area contributed by atoms with Crippen molar-refractivity contribution in [1.82, 2.24) is 15.1 Å². The molecule has 1 atom stereocenters. The zero-order chi connectivity index (χ0) is 18.4. The number of hydrogen-bond acceptors (Lipinski definition) is 4. The van der Waals surface area contributed by atoms with Crippen LogP contribution < -0.4 is 5.32 Å². The molecule has 0 aliphatic carbocycles. The Labute approximate surface area is 145 Å². The van der Waals surface area contributed by atoms with Crippen LogP contribution in [0.3, 0.4) is 0 Å². The normalized spacial score (nSPS) is 13.3. The van der Waals surface area contributed by atoms with Gasteiger partial charge in [-0.2, -0.15) is 5.10 Å². The van der Waals surface area contributed by atoms with Gasteiger partial charge in [-0.05, 0) is 37.6 Å². The molecule has 1 amide bonds. The second-order valence-corrected chi connectivity index (χ2v) is 6.24. The van der Waals surface area contributed by atoms with E-state index < -0.39 is 11.4 Å². The molecule has 6 nitrogen and oxygen atoms in total. The van der Waals surface area contributed by atoms with Crippen LogP contribution >= 0.6 is 0 Å². The lowest BCUT2D eigenvalue weighted by Gasteiger charge is -2.22. The van der Waals surface area contributed by atoms with E-state index >= 15 is 0 Å². The maximum atomic E-state index is 12.8. The fourth-order valence-corrected chi connectivity index (χ4v) is 2.35. The molecule has 7 heteroatoms. The Morgan fingerprint density at radius 2 is 1.96 bits per heavy atom. The van der Waals surface area contributed by atoms with Gasteiger partial charge < -0.3 is 10.4 Å². The van der Waals surface area contributed by atoms with E-state index in [-0.39, 0.29) is 31.1 Å². The molecule has 0 spiro atoms. The number of aryl methyl sites for hydroxylation is 1. The van der Waals surface area contributed by atoms with Crippen molar-refractivity contribution in [2.24, 2.45) is 7.05 Å². The molecule has 2 aromatic rings.